The largest absolute Gasteiger partial charge is 0.273 e. The number of halogens is 1. The van der Waals surface area contributed by atoms with Crippen molar-refractivity contribution in [3.8, 4) is 0 Å². The second-order valence-electron chi connectivity index (χ2n) is 6.93. The lowest BCUT2D eigenvalue weighted by molar-refractivity contribution is -0.126. The number of hydrogen-bond acceptors (Lipinski definition) is 5. The first-order valence-corrected chi connectivity index (χ1v) is 9.99. The van der Waals surface area contributed by atoms with Crippen LogP contribution in [0.3, 0.4) is 0 Å². The van der Waals surface area contributed by atoms with Crippen molar-refractivity contribution in [1.82, 2.24) is 4.98 Å². The Morgan fingerprint density at radius 2 is 1.52 bits per heavy atom. The highest BCUT2D eigenvalue weighted by molar-refractivity contribution is 9.10. The molecule has 2 amide bonds. The van der Waals surface area contributed by atoms with Gasteiger partial charge in [0.25, 0.3) is 5.91 Å². The van der Waals surface area contributed by atoms with Crippen LogP contribution in [0.1, 0.15) is 11.6 Å². The summed E-state index contributed by atoms with van der Waals surface area (Å²) in [6, 6.07) is 19.9. The van der Waals surface area contributed by atoms with Gasteiger partial charge in [-0.1, -0.05) is 34.1 Å². The van der Waals surface area contributed by atoms with E-state index in [2.05, 4.69) is 20.9 Å². The maximum atomic E-state index is 13.4. The fourth-order valence-corrected chi connectivity index (χ4v) is 4.22. The summed E-state index contributed by atoms with van der Waals surface area (Å²) < 4.78 is 0.877. The van der Waals surface area contributed by atoms with Crippen molar-refractivity contribution < 1.29 is 14.4 Å². The third kappa shape index (κ3) is 2.94. The molecule has 144 valence electrons. The Hall–Kier alpha value is -3.03. The number of fused-ring (bicyclic) bond motifs is 1. The Labute approximate surface area is 175 Å². The summed E-state index contributed by atoms with van der Waals surface area (Å²) in [6.07, 6.45) is 2.49. The van der Waals surface area contributed by atoms with Gasteiger partial charge < -0.3 is 0 Å². The van der Waals surface area contributed by atoms with Crippen LogP contribution in [-0.4, -0.2) is 22.9 Å². The number of rotatable bonds is 3. The molecule has 2 saturated heterocycles. The van der Waals surface area contributed by atoms with Gasteiger partial charge in [0, 0.05) is 16.9 Å². The highest BCUT2D eigenvalue weighted by atomic mass is 79.9. The van der Waals surface area contributed by atoms with Gasteiger partial charge >= 0.3 is 0 Å². The number of benzene rings is 2. The lowest BCUT2D eigenvalue weighted by Crippen LogP contribution is -2.37. The molecule has 3 atom stereocenters. The molecule has 2 aliphatic rings. The standard InChI is InChI=1S/C22H16BrN3O3/c23-15-6-8-16(9-7-15)25-21(27)18-19(14-10-12-24-13-11-14)26(29-20(18)22(25)28)17-4-2-1-3-5-17/h1-13,18-20H/t18-,19-,20+/m0/s1. The molecule has 0 saturated carbocycles. The topological polar surface area (TPSA) is 62.7 Å². The summed E-state index contributed by atoms with van der Waals surface area (Å²) in [4.78, 5) is 38.0. The molecular formula is C22H16BrN3O3. The van der Waals surface area contributed by atoms with Gasteiger partial charge in [0.2, 0.25) is 5.91 Å². The molecule has 0 bridgehead atoms. The van der Waals surface area contributed by atoms with Crippen molar-refractivity contribution in [2.75, 3.05) is 9.96 Å². The molecule has 0 radical (unpaired) electrons. The molecule has 0 spiro atoms. The van der Waals surface area contributed by atoms with E-state index >= 15 is 0 Å². The predicted molar refractivity (Wildman–Crippen MR) is 111 cm³/mol. The van der Waals surface area contributed by atoms with E-state index in [-0.39, 0.29) is 11.8 Å². The number of pyridine rings is 1. The molecule has 29 heavy (non-hydrogen) atoms. The summed E-state index contributed by atoms with van der Waals surface area (Å²) in [5, 5.41) is 1.68. The maximum Gasteiger partial charge on any atom is 0.266 e. The number of hydroxylamine groups is 1. The molecule has 0 N–H and O–H groups in total. The minimum Gasteiger partial charge on any atom is -0.273 e. The second-order valence-corrected chi connectivity index (χ2v) is 7.84. The number of para-hydroxylation sites is 1. The van der Waals surface area contributed by atoms with Crippen molar-refractivity contribution in [1.29, 1.82) is 0 Å². The van der Waals surface area contributed by atoms with Crippen molar-refractivity contribution >= 4 is 39.1 Å². The Bertz CT molecular complexity index is 1060. The van der Waals surface area contributed by atoms with Gasteiger partial charge in [-0.05, 0) is 54.1 Å². The average Bonchev–Trinajstić information content (AvgIpc) is 3.27. The van der Waals surface area contributed by atoms with Crippen molar-refractivity contribution in [2.45, 2.75) is 12.1 Å². The highest BCUT2D eigenvalue weighted by Gasteiger charge is 2.60. The van der Waals surface area contributed by atoms with E-state index in [0.29, 0.717) is 5.69 Å². The molecule has 2 fully saturated rings. The minimum atomic E-state index is -0.871. The molecule has 3 aromatic rings. The van der Waals surface area contributed by atoms with Crippen LogP contribution in [0.25, 0.3) is 0 Å². The van der Waals surface area contributed by atoms with E-state index in [0.717, 1.165) is 15.7 Å². The molecule has 0 unspecified atom stereocenters. The smallest absolute Gasteiger partial charge is 0.266 e. The Morgan fingerprint density at radius 1 is 0.828 bits per heavy atom. The van der Waals surface area contributed by atoms with Crippen molar-refractivity contribution in [2.24, 2.45) is 5.92 Å². The first-order chi connectivity index (χ1) is 14.1. The summed E-state index contributed by atoms with van der Waals surface area (Å²) in [7, 11) is 0. The van der Waals surface area contributed by atoms with Gasteiger partial charge in [0.1, 0.15) is 5.92 Å². The van der Waals surface area contributed by atoms with Crippen LogP contribution in [0.15, 0.2) is 83.6 Å². The molecule has 1 aromatic heterocycles. The minimum absolute atomic E-state index is 0.262. The van der Waals surface area contributed by atoms with E-state index in [1.165, 1.54) is 4.90 Å². The van der Waals surface area contributed by atoms with Crippen LogP contribution >= 0.6 is 15.9 Å². The van der Waals surface area contributed by atoms with E-state index in [4.69, 9.17) is 4.84 Å². The number of aromatic nitrogens is 1. The van der Waals surface area contributed by atoms with Crippen molar-refractivity contribution in [3.05, 3.63) is 89.2 Å². The predicted octanol–water partition coefficient (Wildman–Crippen LogP) is 3.90. The van der Waals surface area contributed by atoms with Gasteiger partial charge in [-0.2, -0.15) is 0 Å². The molecule has 7 heteroatoms. The van der Waals surface area contributed by atoms with Gasteiger partial charge in [-0.15, -0.1) is 0 Å². The first kappa shape index (κ1) is 18.0. The number of anilines is 2. The van der Waals surface area contributed by atoms with Crippen LogP contribution in [0.4, 0.5) is 11.4 Å². The van der Waals surface area contributed by atoms with Crippen LogP contribution in [0.2, 0.25) is 0 Å². The average molecular weight is 450 g/mol. The number of imide groups is 1. The number of nitrogens with zero attached hydrogens (tertiary/aromatic N) is 3. The monoisotopic (exact) mass is 449 g/mol. The lowest BCUT2D eigenvalue weighted by Gasteiger charge is -2.28. The molecule has 5 rings (SSSR count). The zero-order valence-electron chi connectivity index (χ0n) is 15.2. The highest BCUT2D eigenvalue weighted by Crippen LogP contribution is 2.47. The van der Waals surface area contributed by atoms with Gasteiger partial charge in [0.15, 0.2) is 6.10 Å². The third-order valence-corrected chi connectivity index (χ3v) is 5.79. The molecule has 6 nitrogen and oxygen atoms in total. The molecule has 2 aliphatic heterocycles. The van der Waals surface area contributed by atoms with Crippen molar-refractivity contribution in [3.63, 3.8) is 0 Å². The van der Waals surface area contributed by atoms with E-state index in [1.807, 2.05) is 54.6 Å². The Morgan fingerprint density at radius 3 is 2.21 bits per heavy atom. The van der Waals surface area contributed by atoms with Gasteiger partial charge in [-0.3, -0.25) is 19.4 Å². The van der Waals surface area contributed by atoms with Crippen LogP contribution in [-0.2, 0) is 14.4 Å². The molecule has 2 aromatic carbocycles. The van der Waals surface area contributed by atoms with E-state index < -0.39 is 18.1 Å². The van der Waals surface area contributed by atoms with Crippen LogP contribution < -0.4 is 9.96 Å². The molecule has 3 heterocycles. The van der Waals surface area contributed by atoms with Crippen LogP contribution in [0.5, 0.6) is 0 Å². The van der Waals surface area contributed by atoms with E-state index in [1.54, 1.807) is 29.6 Å². The zero-order chi connectivity index (χ0) is 20.0. The van der Waals surface area contributed by atoms with Gasteiger partial charge in [-0.25, -0.2) is 9.96 Å². The summed E-state index contributed by atoms with van der Waals surface area (Å²) in [6.45, 7) is 0. The SMILES string of the molecule is O=C1[C@@H]2[C@@H](ON(c3ccccc3)[C@H]2c2ccncc2)C(=O)N1c1ccc(Br)cc1. The van der Waals surface area contributed by atoms with E-state index in [9.17, 15) is 9.59 Å². The molecule has 0 aliphatic carbocycles. The lowest BCUT2D eigenvalue weighted by atomic mass is 9.91. The number of amides is 2. The normalized spacial score (nSPS) is 23.6. The summed E-state index contributed by atoms with van der Waals surface area (Å²) in [5.74, 6) is -1.25. The van der Waals surface area contributed by atoms with Gasteiger partial charge in [0.05, 0.1) is 17.4 Å². The summed E-state index contributed by atoms with van der Waals surface area (Å²) >= 11 is 3.38. The van der Waals surface area contributed by atoms with Crippen LogP contribution in [0, 0.1) is 5.92 Å². The summed E-state index contributed by atoms with van der Waals surface area (Å²) in [5.41, 5.74) is 2.20. The fraction of sp³-hybridized carbons (Fsp3) is 0.136. The second kappa shape index (κ2) is 7.09. The first-order valence-electron chi connectivity index (χ1n) is 9.19. The Kier molecular flexibility index (Phi) is 4.41. The number of hydrogen-bond donors (Lipinski definition) is 0. The maximum absolute atomic E-state index is 13.4. The molecular weight excluding hydrogens is 434 g/mol. The zero-order valence-corrected chi connectivity index (χ0v) is 16.8. The third-order valence-electron chi connectivity index (χ3n) is 5.26. The number of carbonyl (C=O) groups excluding carboxylic acids is 2. The number of carbonyl (C=O) groups is 2. The Balaban J connectivity index is 1.58. The fourth-order valence-electron chi connectivity index (χ4n) is 3.96. The quantitative estimate of drug-likeness (QED) is 0.567.